The molecule has 1 amide bonds. The van der Waals surface area contributed by atoms with Gasteiger partial charge in [-0.2, -0.15) is 5.10 Å². The number of aromatic nitrogens is 2. The minimum absolute atomic E-state index is 0.230. The van der Waals surface area contributed by atoms with Crippen LogP contribution in [0.3, 0.4) is 0 Å². The zero-order valence-corrected chi connectivity index (χ0v) is 18.2. The van der Waals surface area contributed by atoms with E-state index in [0.717, 1.165) is 49.8 Å². The second-order valence-electron chi connectivity index (χ2n) is 7.27. The predicted molar refractivity (Wildman–Crippen MR) is 118 cm³/mol. The van der Waals surface area contributed by atoms with Gasteiger partial charge in [0.1, 0.15) is 0 Å². The summed E-state index contributed by atoms with van der Waals surface area (Å²) in [6.45, 7) is 7.93. The van der Waals surface area contributed by atoms with Crippen LogP contribution in [-0.4, -0.2) is 78.0 Å². The van der Waals surface area contributed by atoms with Gasteiger partial charge in [0, 0.05) is 46.0 Å². The number of rotatable bonds is 6. The minimum atomic E-state index is -0.230. The number of carbonyl (C=O) groups excluding carboxylic acids is 1. The Morgan fingerprint density at radius 3 is 2.53 bits per heavy atom. The molecule has 2 heterocycles. The van der Waals surface area contributed by atoms with Gasteiger partial charge in [-0.05, 0) is 44.4 Å². The van der Waals surface area contributed by atoms with Crippen molar-refractivity contribution in [2.75, 3.05) is 46.4 Å². The van der Waals surface area contributed by atoms with Gasteiger partial charge in [-0.1, -0.05) is 18.2 Å². The summed E-state index contributed by atoms with van der Waals surface area (Å²) < 4.78 is 7.02. The molecule has 0 atom stereocenters. The van der Waals surface area contributed by atoms with Crippen LogP contribution < -0.4 is 5.32 Å². The van der Waals surface area contributed by atoms with E-state index in [1.807, 2.05) is 29.8 Å². The quantitative estimate of drug-likeness (QED) is 0.448. The lowest BCUT2D eigenvalue weighted by atomic mass is 10.1. The van der Waals surface area contributed by atoms with Crippen molar-refractivity contribution < 1.29 is 9.53 Å². The molecule has 1 aromatic carbocycles. The molecule has 1 aromatic heterocycles. The first kappa shape index (κ1) is 21.7. The molecular formula is C22H32N6O2. The average molecular weight is 413 g/mol. The maximum absolute atomic E-state index is 11.8. The molecule has 0 spiro atoms. The van der Waals surface area contributed by atoms with E-state index >= 15 is 0 Å². The predicted octanol–water partition coefficient (Wildman–Crippen LogP) is 2.46. The van der Waals surface area contributed by atoms with Crippen molar-refractivity contribution in [1.29, 1.82) is 0 Å². The van der Waals surface area contributed by atoms with Crippen molar-refractivity contribution in [3.8, 4) is 5.69 Å². The van der Waals surface area contributed by atoms with Crippen LogP contribution in [0.15, 0.2) is 41.5 Å². The van der Waals surface area contributed by atoms with Crippen LogP contribution in [0, 0.1) is 6.92 Å². The normalized spacial score (nSPS) is 14.7. The molecule has 0 saturated carbocycles. The number of piperazine rings is 1. The number of carbonyl (C=O) groups is 1. The number of ether oxygens (including phenoxy) is 1. The summed E-state index contributed by atoms with van der Waals surface area (Å²) in [5.74, 6) is 0.884. The van der Waals surface area contributed by atoms with Crippen molar-refractivity contribution in [1.82, 2.24) is 24.9 Å². The van der Waals surface area contributed by atoms with E-state index in [1.54, 1.807) is 11.9 Å². The van der Waals surface area contributed by atoms with Gasteiger partial charge in [-0.15, -0.1) is 0 Å². The second-order valence-corrected chi connectivity index (χ2v) is 7.27. The fourth-order valence-corrected chi connectivity index (χ4v) is 3.58. The number of benzene rings is 1. The van der Waals surface area contributed by atoms with Gasteiger partial charge in [-0.3, -0.25) is 4.99 Å². The number of aliphatic imine (C=N–C) groups is 1. The third kappa shape index (κ3) is 5.52. The second kappa shape index (κ2) is 10.7. The smallest absolute Gasteiger partial charge is 0.409 e. The largest absolute Gasteiger partial charge is 0.450 e. The molecule has 0 radical (unpaired) electrons. The summed E-state index contributed by atoms with van der Waals surface area (Å²) in [5, 5.41) is 8.09. The fraction of sp³-hybridized carbons (Fsp3) is 0.500. The first-order chi connectivity index (χ1) is 14.6. The monoisotopic (exact) mass is 412 g/mol. The zero-order chi connectivity index (χ0) is 21.3. The molecule has 2 aromatic rings. The van der Waals surface area contributed by atoms with Crippen LogP contribution in [0.5, 0.6) is 0 Å². The van der Waals surface area contributed by atoms with Gasteiger partial charge in [0.05, 0.1) is 18.0 Å². The highest BCUT2D eigenvalue weighted by molar-refractivity contribution is 5.80. The van der Waals surface area contributed by atoms with Gasteiger partial charge in [0.15, 0.2) is 5.96 Å². The highest BCUT2D eigenvalue weighted by Gasteiger charge is 2.23. The Bertz CT molecular complexity index is 841. The molecule has 0 aliphatic carbocycles. The van der Waals surface area contributed by atoms with E-state index in [9.17, 15) is 4.79 Å². The van der Waals surface area contributed by atoms with Crippen molar-refractivity contribution in [2.24, 2.45) is 4.99 Å². The fourth-order valence-electron chi connectivity index (χ4n) is 3.58. The van der Waals surface area contributed by atoms with E-state index in [0.29, 0.717) is 19.7 Å². The Balaban J connectivity index is 1.44. The third-order valence-corrected chi connectivity index (χ3v) is 5.24. The first-order valence-electron chi connectivity index (χ1n) is 10.6. The van der Waals surface area contributed by atoms with E-state index in [4.69, 9.17) is 4.74 Å². The topological polar surface area (TPSA) is 75.0 Å². The molecule has 0 bridgehead atoms. The molecule has 8 heteroatoms. The highest BCUT2D eigenvalue weighted by atomic mass is 16.6. The van der Waals surface area contributed by atoms with Gasteiger partial charge < -0.3 is 19.9 Å². The number of aryl methyl sites for hydroxylation is 2. The molecule has 30 heavy (non-hydrogen) atoms. The lowest BCUT2D eigenvalue weighted by molar-refractivity contribution is 0.0914. The number of nitrogens with zero attached hydrogens (tertiary/aromatic N) is 5. The lowest BCUT2D eigenvalue weighted by Gasteiger charge is -2.35. The summed E-state index contributed by atoms with van der Waals surface area (Å²) in [6.07, 6.45) is 3.84. The van der Waals surface area contributed by atoms with Crippen molar-refractivity contribution in [3.05, 3.63) is 47.8 Å². The number of guanidine groups is 1. The highest BCUT2D eigenvalue weighted by Crippen LogP contribution is 2.13. The summed E-state index contributed by atoms with van der Waals surface area (Å²) >= 11 is 0. The SMILES string of the molecule is CCOC(=O)N1CCN(C(=NC)NCCCc2cn(-c3ccccc3)nc2C)CC1. The van der Waals surface area contributed by atoms with Crippen LogP contribution in [0.25, 0.3) is 5.69 Å². The number of amides is 1. The summed E-state index contributed by atoms with van der Waals surface area (Å²) in [6, 6.07) is 10.2. The lowest BCUT2D eigenvalue weighted by Crippen LogP contribution is -2.54. The van der Waals surface area contributed by atoms with Gasteiger partial charge in [-0.25, -0.2) is 9.48 Å². The molecule has 1 N–H and O–H groups in total. The number of hydrogen-bond donors (Lipinski definition) is 1. The van der Waals surface area contributed by atoms with Crippen LogP contribution in [-0.2, 0) is 11.2 Å². The molecule has 1 saturated heterocycles. The average Bonchev–Trinajstić information content (AvgIpc) is 3.15. The Morgan fingerprint density at radius 1 is 1.17 bits per heavy atom. The van der Waals surface area contributed by atoms with Crippen LogP contribution in [0.1, 0.15) is 24.6 Å². The maximum atomic E-state index is 11.8. The van der Waals surface area contributed by atoms with Crippen molar-refractivity contribution in [3.63, 3.8) is 0 Å². The van der Waals surface area contributed by atoms with Crippen LogP contribution >= 0.6 is 0 Å². The van der Waals surface area contributed by atoms with Crippen molar-refractivity contribution in [2.45, 2.75) is 26.7 Å². The summed E-state index contributed by atoms with van der Waals surface area (Å²) in [4.78, 5) is 20.2. The van der Waals surface area contributed by atoms with E-state index < -0.39 is 0 Å². The van der Waals surface area contributed by atoms with Gasteiger partial charge >= 0.3 is 6.09 Å². The van der Waals surface area contributed by atoms with E-state index in [-0.39, 0.29) is 6.09 Å². The summed E-state index contributed by atoms with van der Waals surface area (Å²) in [7, 11) is 1.80. The number of hydrogen-bond acceptors (Lipinski definition) is 4. The van der Waals surface area contributed by atoms with Gasteiger partial charge in [0.25, 0.3) is 0 Å². The molecule has 1 aliphatic rings. The molecule has 1 fully saturated rings. The Morgan fingerprint density at radius 2 is 1.87 bits per heavy atom. The zero-order valence-electron chi connectivity index (χ0n) is 18.2. The standard InChI is InChI=1S/C22H32N6O2/c1-4-30-22(29)27-15-13-26(14-16-27)21(23-3)24-12-8-9-19-17-28(25-18(19)2)20-10-6-5-7-11-20/h5-7,10-11,17H,4,8-9,12-16H2,1-3H3,(H,23,24). The molecule has 0 unspecified atom stereocenters. The molecule has 162 valence electrons. The van der Waals surface area contributed by atoms with Crippen LogP contribution in [0.2, 0.25) is 0 Å². The van der Waals surface area contributed by atoms with Crippen LogP contribution in [0.4, 0.5) is 4.79 Å². The minimum Gasteiger partial charge on any atom is -0.450 e. The van der Waals surface area contributed by atoms with E-state index in [2.05, 4.69) is 45.6 Å². The molecule has 1 aliphatic heterocycles. The first-order valence-corrected chi connectivity index (χ1v) is 10.6. The number of para-hydroxylation sites is 1. The molecular weight excluding hydrogens is 380 g/mol. The molecule has 8 nitrogen and oxygen atoms in total. The molecule has 3 rings (SSSR count). The van der Waals surface area contributed by atoms with Crippen molar-refractivity contribution >= 4 is 12.1 Å². The number of nitrogens with one attached hydrogen (secondary N) is 1. The maximum Gasteiger partial charge on any atom is 0.409 e. The Hall–Kier alpha value is -3.03. The van der Waals surface area contributed by atoms with E-state index in [1.165, 1.54) is 5.56 Å². The summed E-state index contributed by atoms with van der Waals surface area (Å²) in [5.41, 5.74) is 3.41. The van der Waals surface area contributed by atoms with Gasteiger partial charge in [0.2, 0.25) is 0 Å². The third-order valence-electron chi connectivity index (χ3n) is 5.24. The Kier molecular flexibility index (Phi) is 7.70. The Labute approximate surface area is 178 Å².